The van der Waals surface area contributed by atoms with Gasteiger partial charge >= 0.3 is 0 Å². The van der Waals surface area contributed by atoms with Crippen molar-refractivity contribution in [2.75, 3.05) is 17.5 Å². The second kappa shape index (κ2) is 9.48. The highest BCUT2D eigenvalue weighted by atomic mass is 35.5. The molecule has 7 nitrogen and oxygen atoms in total. The molecular formula is C22H17Cl3N2O5S. The van der Waals surface area contributed by atoms with E-state index in [-0.39, 0.29) is 55.8 Å². The summed E-state index contributed by atoms with van der Waals surface area (Å²) in [6.07, 6.45) is -0.951. The van der Waals surface area contributed by atoms with Crippen LogP contribution in [0.4, 0.5) is 5.82 Å². The Morgan fingerprint density at radius 1 is 1.09 bits per heavy atom. The number of sulfonamides is 1. The molecule has 0 aliphatic carbocycles. The van der Waals surface area contributed by atoms with E-state index in [0.29, 0.717) is 5.69 Å². The van der Waals surface area contributed by atoms with Crippen molar-refractivity contribution in [1.29, 1.82) is 0 Å². The first-order valence-electron chi connectivity index (χ1n) is 9.73. The molecule has 0 saturated carbocycles. The summed E-state index contributed by atoms with van der Waals surface area (Å²) in [6.45, 7) is -0.564. The second-order valence-corrected chi connectivity index (χ2v) is 10.4. The van der Waals surface area contributed by atoms with Gasteiger partial charge in [-0.05, 0) is 42.5 Å². The van der Waals surface area contributed by atoms with Crippen LogP contribution in [0.25, 0.3) is 0 Å². The van der Waals surface area contributed by atoms with Crippen molar-refractivity contribution >= 4 is 56.4 Å². The number of Topliss-reactive ketones (excluding diaryl/α,β-unsaturated/α-hetero) is 1. The van der Waals surface area contributed by atoms with Crippen molar-refractivity contribution in [2.45, 2.75) is 17.4 Å². The standard InChI is InChI=1S/C22H17Cl3N2O5S/c23-13-3-1-4-16(9-13)33(30,31)27-11-15(12-28)32-20-8-7-14(26-22(20)27)10-19(29)21-17(24)5-2-6-18(21)25/h1-9,15,28H,10-12H2/t15-/m1/s1. The summed E-state index contributed by atoms with van der Waals surface area (Å²) in [4.78, 5) is 17.2. The number of aliphatic hydroxyl groups is 1. The lowest BCUT2D eigenvalue weighted by atomic mass is 10.1. The predicted octanol–water partition coefficient (Wildman–Crippen LogP) is 4.42. The van der Waals surface area contributed by atoms with Gasteiger partial charge in [0.2, 0.25) is 0 Å². The summed E-state index contributed by atoms with van der Waals surface area (Å²) in [5.74, 6) is -0.194. The molecule has 2 aromatic carbocycles. The minimum absolute atomic E-state index is 0.00947. The second-order valence-electron chi connectivity index (χ2n) is 7.24. The van der Waals surface area contributed by atoms with Gasteiger partial charge in [0.1, 0.15) is 6.10 Å². The number of ketones is 1. The van der Waals surface area contributed by atoms with Crippen LogP contribution in [-0.2, 0) is 16.4 Å². The Bertz CT molecular complexity index is 1310. The Morgan fingerprint density at radius 2 is 1.79 bits per heavy atom. The van der Waals surface area contributed by atoms with E-state index in [1.807, 2.05) is 0 Å². The zero-order chi connectivity index (χ0) is 23.8. The van der Waals surface area contributed by atoms with Crippen molar-refractivity contribution < 1.29 is 23.1 Å². The van der Waals surface area contributed by atoms with Gasteiger partial charge in [-0.2, -0.15) is 0 Å². The van der Waals surface area contributed by atoms with Gasteiger partial charge in [0, 0.05) is 5.02 Å². The fourth-order valence-corrected chi connectivity index (χ4v) is 5.78. The number of hydrogen-bond donors (Lipinski definition) is 1. The fourth-order valence-electron chi connectivity index (χ4n) is 3.41. The molecule has 1 N–H and O–H groups in total. The first kappa shape index (κ1) is 23.8. The van der Waals surface area contributed by atoms with E-state index >= 15 is 0 Å². The van der Waals surface area contributed by atoms with Crippen molar-refractivity contribution in [3.05, 3.63) is 80.9 Å². The van der Waals surface area contributed by atoms with Crippen LogP contribution in [-0.4, -0.2) is 43.5 Å². The first-order chi connectivity index (χ1) is 15.7. The Morgan fingerprint density at radius 3 is 2.45 bits per heavy atom. The molecule has 0 unspecified atom stereocenters. The van der Waals surface area contributed by atoms with Crippen molar-refractivity contribution in [1.82, 2.24) is 4.98 Å². The molecule has 11 heteroatoms. The largest absolute Gasteiger partial charge is 0.482 e. The number of rotatable bonds is 6. The monoisotopic (exact) mass is 526 g/mol. The zero-order valence-electron chi connectivity index (χ0n) is 16.9. The van der Waals surface area contributed by atoms with E-state index in [1.54, 1.807) is 30.3 Å². The van der Waals surface area contributed by atoms with E-state index in [4.69, 9.17) is 39.5 Å². The SMILES string of the molecule is O=C(Cc1ccc2c(n1)N(S(=O)(=O)c1cccc(Cl)c1)C[C@H](CO)O2)c1c(Cl)cccc1Cl. The molecule has 0 radical (unpaired) electrons. The molecule has 1 aromatic heterocycles. The van der Waals surface area contributed by atoms with Gasteiger partial charge < -0.3 is 9.84 Å². The quantitative estimate of drug-likeness (QED) is 0.477. The number of fused-ring (bicyclic) bond motifs is 1. The summed E-state index contributed by atoms with van der Waals surface area (Å²) in [5, 5.41) is 10.3. The number of anilines is 1. The van der Waals surface area contributed by atoms with Crippen LogP contribution in [0, 0.1) is 0 Å². The van der Waals surface area contributed by atoms with Gasteiger partial charge in [0.15, 0.2) is 17.4 Å². The number of aromatic nitrogens is 1. The first-order valence-corrected chi connectivity index (χ1v) is 12.3. The van der Waals surface area contributed by atoms with Gasteiger partial charge in [0.25, 0.3) is 10.0 Å². The Hall–Kier alpha value is -2.36. The Kier molecular flexibility index (Phi) is 6.83. The maximum absolute atomic E-state index is 13.4. The molecule has 0 spiro atoms. The van der Waals surface area contributed by atoms with Gasteiger partial charge in [-0.1, -0.05) is 46.9 Å². The minimum Gasteiger partial charge on any atom is -0.482 e. The lowest BCUT2D eigenvalue weighted by Gasteiger charge is -2.34. The molecule has 0 amide bonds. The van der Waals surface area contributed by atoms with E-state index in [9.17, 15) is 18.3 Å². The van der Waals surface area contributed by atoms with E-state index < -0.39 is 22.7 Å². The number of halogens is 3. The molecule has 1 aliphatic rings. The number of benzene rings is 2. The average molecular weight is 528 g/mol. The van der Waals surface area contributed by atoms with Crippen LogP contribution in [0.15, 0.2) is 59.5 Å². The highest BCUT2D eigenvalue weighted by molar-refractivity contribution is 7.92. The van der Waals surface area contributed by atoms with Gasteiger partial charge in [-0.15, -0.1) is 0 Å². The summed E-state index contributed by atoms with van der Waals surface area (Å²) < 4.78 is 33.5. The number of pyridine rings is 1. The Balaban J connectivity index is 1.73. The van der Waals surface area contributed by atoms with Crippen LogP contribution in [0.5, 0.6) is 5.75 Å². The molecule has 33 heavy (non-hydrogen) atoms. The van der Waals surface area contributed by atoms with Crippen molar-refractivity contribution in [3.8, 4) is 5.75 Å². The third kappa shape index (κ3) is 4.81. The van der Waals surface area contributed by atoms with Crippen LogP contribution in [0.2, 0.25) is 15.1 Å². The van der Waals surface area contributed by atoms with Gasteiger partial charge in [0.05, 0.1) is 45.8 Å². The number of ether oxygens (including phenoxy) is 1. The summed E-state index contributed by atoms with van der Waals surface area (Å²) in [7, 11) is -4.08. The number of nitrogens with zero attached hydrogens (tertiary/aromatic N) is 2. The maximum atomic E-state index is 13.4. The van der Waals surface area contributed by atoms with Crippen LogP contribution >= 0.6 is 34.8 Å². The van der Waals surface area contributed by atoms with E-state index in [2.05, 4.69) is 4.98 Å². The molecule has 0 saturated heterocycles. The third-order valence-corrected chi connectivity index (χ3v) is 7.58. The van der Waals surface area contributed by atoms with Crippen molar-refractivity contribution in [3.63, 3.8) is 0 Å². The molecule has 2 heterocycles. The number of carbonyl (C=O) groups excluding carboxylic acids is 1. The normalized spacial score (nSPS) is 15.6. The number of carbonyl (C=O) groups is 1. The smallest absolute Gasteiger partial charge is 0.265 e. The molecule has 0 bridgehead atoms. The van der Waals surface area contributed by atoms with Crippen molar-refractivity contribution in [2.24, 2.45) is 0 Å². The highest BCUT2D eigenvalue weighted by Crippen LogP contribution is 2.36. The Labute approximate surface area is 205 Å². The lowest BCUT2D eigenvalue weighted by Crippen LogP contribution is -2.45. The van der Waals surface area contributed by atoms with Gasteiger partial charge in [-0.25, -0.2) is 17.7 Å². The molecular weight excluding hydrogens is 511 g/mol. The zero-order valence-corrected chi connectivity index (χ0v) is 20.0. The van der Waals surface area contributed by atoms with Crippen LogP contribution < -0.4 is 9.04 Å². The molecule has 1 aliphatic heterocycles. The van der Waals surface area contributed by atoms with E-state index in [0.717, 1.165) is 4.31 Å². The molecule has 4 rings (SSSR count). The average Bonchev–Trinajstić information content (AvgIpc) is 2.78. The van der Waals surface area contributed by atoms with Gasteiger partial charge in [-0.3, -0.25) is 4.79 Å². The summed E-state index contributed by atoms with van der Waals surface area (Å²) in [5.41, 5.74) is 0.465. The topological polar surface area (TPSA) is 96.8 Å². The van der Waals surface area contributed by atoms with Crippen LogP contribution in [0.3, 0.4) is 0 Å². The summed E-state index contributed by atoms with van der Waals surface area (Å²) >= 11 is 18.3. The minimum atomic E-state index is -4.08. The molecule has 0 fully saturated rings. The predicted molar refractivity (Wildman–Crippen MR) is 126 cm³/mol. The third-order valence-electron chi connectivity index (χ3n) is 4.97. The molecule has 3 aromatic rings. The highest BCUT2D eigenvalue weighted by Gasteiger charge is 2.36. The lowest BCUT2D eigenvalue weighted by molar-refractivity contribution is 0.0991. The maximum Gasteiger partial charge on any atom is 0.265 e. The molecule has 172 valence electrons. The number of aliphatic hydroxyl groups excluding tert-OH is 1. The number of hydrogen-bond acceptors (Lipinski definition) is 6. The van der Waals surface area contributed by atoms with E-state index in [1.165, 1.54) is 24.3 Å². The summed E-state index contributed by atoms with van der Waals surface area (Å²) in [6, 6.07) is 13.6. The fraction of sp³-hybridized carbons (Fsp3) is 0.182. The molecule has 1 atom stereocenters. The van der Waals surface area contributed by atoms with Crippen LogP contribution in [0.1, 0.15) is 16.1 Å².